The Kier molecular flexibility index (Phi) is 6.71. The highest BCUT2D eigenvalue weighted by Crippen LogP contribution is 2.53. The fraction of sp³-hybridized carbons (Fsp3) is 0.0612. The van der Waals surface area contributed by atoms with Gasteiger partial charge in [-0.15, -0.1) is 16.4 Å². The van der Waals surface area contributed by atoms with Gasteiger partial charge in [-0.1, -0.05) is 134 Å². The van der Waals surface area contributed by atoms with E-state index in [1.807, 2.05) is 0 Å². The van der Waals surface area contributed by atoms with Crippen LogP contribution in [0.5, 0.6) is 0 Å². The van der Waals surface area contributed by atoms with Crippen molar-refractivity contribution in [3.05, 3.63) is 139 Å². The van der Waals surface area contributed by atoms with Gasteiger partial charge in [0, 0.05) is 21.8 Å². The Hall–Kier alpha value is -5.86. The smallest absolute Gasteiger partial charge is 0.140 e. The summed E-state index contributed by atoms with van der Waals surface area (Å²) in [6.45, 7) is 4.67. The zero-order valence-corrected chi connectivity index (χ0v) is 32.5. The molecule has 0 amide bonds. The van der Waals surface area contributed by atoms with Gasteiger partial charge in [0.05, 0.1) is 0 Å². The maximum atomic E-state index is 6.55. The molecule has 0 saturated heterocycles. The molecular weight excluding hydrogens is 659 g/mol. The molecule has 55 heavy (non-hydrogen) atoms. The third-order valence-corrected chi connectivity index (χ3v) is 13.6. The molecule has 0 radical (unpaired) electrons. The van der Waals surface area contributed by atoms with Gasteiger partial charge < -0.3 is 4.42 Å². The molecular formula is C49H37B5O. The van der Waals surface area contributed by atoms with Crippen LogP contribution < -0.4 is 27.3 Å². The summed E-state index contributed by atoms with van der Waals surface area (Å²) < 4.78 is 6.55. The lowest BCUT2D eigenvalue weighted by molar-refractivity contribution is 0.620. The van der Waals surface area contributed by atoms with Crippen LogP contribution in [0.4, 0.5) is 0 Å². The first-order valence-electron chi connectivity index (χ1n) is 19.6. The van der Waals surface area contributed by atoms with E-state index in [4.69, 9.17) is 4.42 Å². The van der Waals surface area contributed by atoms with Gasteiger partial charge in [-0.2, -0.15) is 0 Å². The van der Waals surface area contributed by atoms with Crippen molar-refractivity contribution in [2.24, 2.45) is 0 Å². The van der Waals surface area contributed by atoms with E-state index in [2.05, 4.69) is 180 Å². The third-order valence-electron chi connectivity index (χ3n) is 13.6. The predicted molar refractivity (Wildman–Crippen MR) is 252 cm³/mol. The van der Waals surface area contributed by atoms with Crippen LogP contribution in [0.3, 0.4) is 0 Å². The molecule has 0 fully saturated rings. The van der Waals surface area contributed by atoms with Gasteiger partial charge in [-0.25, -0.2) is 0 Å². The van der Waals surface area contributed by atoms with Gasteiger partial charge in [0.1, 0.15) is 50.4 Å². The van der Waals surface area contributed by atoms with E-state index in [9.17, 15) is 0 Å². The predicted octanol–water partition coefficient (Wildman–Crippen LogP) is 5.08. The minimum Gasteiger partial charge on any atom is -0.456 e. The third kappa shape index (κ3) is 4.37. The minimum atomic E-state index is -0.161. The Morgan fingerprint density at radius 3 is 1.69 bits per heavy atom. The molecule has 1 aromatic heterocycles. The van der Waals surface area contributed by atoms with Gasteiger partial charge in [0.2, 0.25) is 0 Å². The molecule has 10 aromatic rings. The van der Waals surface area contributed by atoms with E-state index in [0.29, 0.717) is 0 Å². The Labute approximate surface area is 326 Å². The van der Waals surface area contributed by atoms with Crippen molar-refractivity contribution in [1.82, 2.24) is 0 Å². The summed E-state index contributed by atoms with van der Waals surface area (Å²) in [6, 6.07) is 47.8. The Morgan fingerprint density at radius 2 is 0.982 bits per heavy atom. The van der Waals surface area contributed by atoms with E-state index in [1.165, 1.54) is 126 Å². The molecule has 0 atom stereocenters. The Morgan fingerprint density at radius 1 is 0.436 bits per heavy atom. The van der Waals surface area contributed by atoms with Gasteiger partial charge in [-0.05, 0) is 101 Å². The topological polar surface area (TPSA) is 13.1 Å². The number of furan rings is 1. The van der Waals surface area contributed by atoms with Crippen LogP contribution in [0.1, 0.15) is 25.0 Å². The number of benzene rings is 9. The van der Waals surface area contributed by atoms with Crippen molar-refractivity contribution in [1.29, 1.82) is 0 Å². The summed E-state index contributed by atoms with van der Waals surface area (Å²) in [4.78, 5) is 0. The molecule has 11 rings (SSSR count). The second-order valence-electron chi connectivity index (χ2n) is 16.6. The molecule has 1 heterocycles. The maximum absolute atomic E-state index is 6.55. The zero-order valence-electron chi connectivity index (χ0n) is 32.5. The molecule has 0 bridgehead atoms. The van der Waals surface area contributed by atoms with Crippen molar-refractivity contribution in [3.8, 4) is 44.5 Å². The van der Waals surface area contributed by atoms with Crippen LogP contribution in [-0.2, 0) is 5.41 Å². The van der Waals surface area contributed by atoms with E-state index in [0.717, 1.165) is 11.2 Å². The minimum absolute atomic E-state index is 0.161. The van der Waals surface area contributed by atoms with E-state index < -0.39 is 0 Å². The molecule has 6 heteroatoms. The van der Waals surface area contributed by atoms with Crippen molar-refractivity contribution >= 4 is 121 Å². The van der Waals surface area contributed by atoms with Gasteiger partial charge >= 0.3 is 0 Å². The number of hydrogen-bond donors (Lipinski definition) is 0. The fourth-order valence-electron chi connectivity index (χ4n) is 10.3. The fourth-order valence-corrected chi connectivity index (χ4v) is 10.3. The Bertz CT molecular complexity index is 3250. The largest absolute Gasteiger partial charge is 0.456 e. The average Bonchev–Trinajstić information content (AvgIpc) is 3.70. The molecule has 0 aliphatic heterocycles. The summed E-state index contributed by atoms with van der Waals surface area (Å²) in [6.07, 6.45) is 0. The lowest BCUT2D eigenvalue weighted by Crippen LogP contribution is -2.55. The van der Waals surface area contributed by atoms with Crippen molar-refractivity contribution in [3.63, 3.8) is 0 Å². The van der Waals surface area contributed by atoms with Crippen LogP contribution in [0, 0.1) is 0 Å². The molecule has 1 aliphatic rings. The number of para-hydroxylation sites is 1. The molecule has 0 saturated carbocycles. The molecule has 0 N–H and O–H groups in total. The lowest BCUT2D eigenvalue weighted by atomic mass is 9.59. The van der Waals surface area contributed by atoms with Crippen LogP contribution in [-0.4, -0.2) is 39.2 Å². The number of rotatable bonds is 3. The zero-order chi connectivity index (χ0) is 37.5. The molecule has 1 nitrogen and oxygen atoms in total. The monoisotopic (exact) mass is 696 g/mol. The van der Waals surface area contributed by atoms with Crippen LogP contribution in [0.15, 0.2) is 132 Å². The van der Waals surface area contributed by atoms with Crippen LogP contribution in [0.25, 0.3) is 98.8 Å². The summed E-state index contributed by atoms with van der Waals surface area (Å²) in [5.41, 5.74) is 21.7. The second kappa shape index (κ2) is 11.3. The standard InChI is InChI=1S/C49H37B5O/c1-49(2)37-22-15-28(23-36(37)34-20-21-35-30-5-3-4-6-38(30)55-48(35)42(34)49)24-7-9-25(10-8-24)29-16-11-26-13-18-32-33(19-14-27-12-17-31(29)39(26)40(27)32)41-43(50)45(52)47(54)46(53)44(41)51/h3-23H,50-54H2,1-2H3. The highest BCUT2D eigenvalue weighted by Gasteiger charge is 2.38. The highest BCUT2D eigenvalue weighted by atomic mass is 16.3. The van der Waals surface area contributed by atoms with E-state index >= 15 is 0 Å². The molecule has 254 valence electrons. The van der Waals surface area contributed by atoms with Gasteiger partial charge in [0.15, 0.2) is 0 Å². The molecule has 9 aromatic carbocycles. The summed E-state index contributed by atoms with van der Waals surface area (Å²) in [5, 5.41) is 10.3. The first kappa shape index (κ1) is 32.6. The van der Waals surface area contributed by atoms with E-state index in [-0.39, 0.29) is 5.41 Å². The van der Waals surface area contributed by atoms with Gasteiger partial charge in [0.25, 0.3) is 0 Å². The van der Waals surface area contributed by atoms with Crippen LogP contribution >= 0.6 is 0 Å². The molecule has 0 unspecified atom stereocenters. The van der Waals surface area contributed by atoms with Crippen molar-refractivity contribution < 1.29 is 4.42 Å². The summed E-state index contributed by atoms with van der Waals surface area (Å²) in [5.74, 6) is 0. The van der Waals surface area contributed by atoms with E-state index in [1.54, 1.807) is 0 Å². The lowest BCUT2D eigenvalue weighted by Gasteiger charge is -2.23. The Balaban J connectivity index is 1.02. The first-order valence-corrected chi connectivity index (χ1v) is 19.6. The SMILES string of the molecule is Bc1c(B)c(B)c(-c2ccc3ccc4c(-c5ccc(-c6ccc7c(c6)-c6ccc8c(oc9ccccc98)c6C7(C)C)cc5)ccc5ccc2c3c54)c(B)c1B. The highest BCUT2D eigenvalue weighted by molar-refractivity contribution is 6.69. The summed E-state index contributed by atoms with van der Waals surface area (Å²) in [7, 11) is 11.4. The second-order valence-corrected chi connectivity index (χ2v) is 16.6. The van der Waals surface area contributed by atoms with Crippen molar-refractivity contribution in [2.45, 2.75) is 19.3 Å². The summed E-state index contributed by atoms with van der Waals surface area (Å²) >= 11 is 0. The quantitative estimate of drug-likeness (QED) is 0.186. The molecule has 1 aliphatic carbocycles. The maximum Gasteiger partial charge on any atom is 0.140 e. The normalized spacial score (nSPS) is 13.4. The first-order chi connectivity index (χ1) is 26.6. The number of fused-ring (bicyclic) bond motifs is 7. The van der Waals surface area contributed by atoms with Gasteiger partial charge in [-0.3, -0.25) is 0 Å². The van der Waals surface area contributed by atoms with Crippen molar-refractivity contribution in [2.75, 3.05) is 0 Å². The van der Waals surface area contributed by atoms with Crippen LogP contribution in [0.2, 0.25) is 0 Å². The average molecular weight is 696 g/mol. The number of hydrogen-bond acceptors (Lipinski definition) is 1. The molecule has 0 spiro atoms.